The van der Waals surface area contributed by atoms with Gasteiger partial charge >= 0.3 is 0 Å². The first-order chi connectivity index (χ1) is 27.3. The van der Waals surface area contributed by atoms with Crippen LogP contribution in [0.25, 0.3) is 0 Å². The lowest BCUT2D eigenvalue weighted by Gasteiger charge is -2.51. The number of nitrogens with zero attached hydrogens (tertiary/aromatic N) is 5. The highest BCUT2D eigenvalue weighted by atomic mass is 19.3. The molecular weight excluding hydrogens is 737 g/mol. The number of anilines is 2. The fourth-order valence-electron chi connectivity index (χ4n) is 8.16. The van der Waals surface area contributed by atoms with Crippen molar-refractivity contribution < 1.29 is 37.4 Å². The maximum atomic E-state index is 13.2. The normalized spacial score (nSPS) is 23.3. The highest BCUT2D eigenvalue weighted by Gasteiger charge is 2.49. The van der Waals surface area contributed by atoms with E-state index in [2.05, 4.69) is 46.8 Å². The van der Waals surface area contributed by atoms with Crippen LogP contribution in [0.15, 0.2) is 78.9 Å². The predicted octanol–water partition coefficient (Wildman–Crippen LogP) is 5.16. The van der Waals surface area contributed by atoms with Crippen LogP contribution in [0, 0.1) is 0 Å². The van der Waals surface area contributed by atoms with Gasteiger partial charge in [0.25, 0.3) is 17.7 Å². The fraction of sp³-hybridized carbons (Fsp3) is 0.381. The smallest absolute Gasteiger partial charge is 0.272 e. The van der Waals surface area contributed by atoms with Crippen molar-refractivity contribution in [1.29, 1.82) is 0 Å². The molecule has 5 heterocycles. The van der Waals surface area contributed by atoms with Gasteiger partial charge in [0.15, 0.2) is 5.82 Å². The standard InChI is InChI=1S/C42H41F2N7O6/c1-41(2,25-5-10-30(11-6-25)57-37-16-14-35(47-48-37)49-20-28(21-49)50-22-42(43,44)23-50)24-3-8-29(9-4-24)56-31-17-27(18-31)45-26-7-12-32-33(19-26)40(55)51(39(32)54)34-13-15-36(52)46-38(34)53/h3-12,14,16,19,27-28,31,34,45H,13,15,17-18,20-23H2,1-2H3,(H,46,52,53). The molecule has 4 fully saturated rings. The molecule has 15 heteroatoms. The Labute approximate surface area is 327 Å². The maximum Gasteiger partial charge on any atom is 0.272 e. The van der Waals surface area contributed by atoms with Crippen LogP contribution in [0.3, 0.4) is 0 Å². The number of carbonyl (C=O) groups excluding carboxylic acids is 4. The van der Waals surface area contributed by atoms with Crippen LogP contribution < -0.4 is 25.0 Å². The van der Waals surface area contributed by atoms with Crippen LogP contribution >= 0.6 is 0 Å². The second-order valence-corrected chi connectivity index (χ2v) is 16.1. The van der Waals surface area contributed by atoms with Crippen LogP contribution in [-0.4, -0.2) is 100.0 Å². The molecule has 4 aliphatic heterocycles. The fourth-order valence-corrected chi connectivity index (χ4v) is 8.16. The van der Waals surface area contributed by atoms with Gasteiger partial charge in [0.2, 0.25) is 17.7 Å². The molecule has 13 nitrogen and oxygen atoms in total. The molecule has 4 amide bonds. The Kier molecular flexibility index (Phi) is 8.94. The number of piperidine rings is 1. The number of imide groups is 2. The number of halogens is 2. The van der Waals surface area contributed by atoms with Crippen molar-refractivity contribution in [3.63, 3.8) is 0 Å². The van der Waals surface area contributed by atoms with Crippen LogP contribution in [-0.2, 0) is 15.0 Å². The Morgan fingerprint density at radius 2 is 1.49 bits per heavy atom. The second-order valence-electron chi connectivity index (χ2n) is 16.1. The number of nitrogens with one attached hydrogen (secondary N) is 2. The summed E-state index contributed by atoms with van der Waals surface area (Å²) < 4.78 is 38.6. The van der Waals surface area contributed by atoms with Crippen molar-refractivity contribution >= 4 is 35.1 Å². The minimum atomic E-state index is -2.56. The van der Waals surface area contributed by atoms with Gasteiger partial charge in [-0.15, -0.1) is 10.2 Å². The third-order valence-corrected chi connectivity index (χ3v) is 11.8. The van der Waals surface area contributed by atoms with Crippen LogP contribution in [0.1, 0.15) is 71.4 Å². The molecule has 2 N–H and O–H groups in total. The lowest BCUT2D eigenvalue weighted by molar-refractivity contribution is -0.148. The van der Waals surface area contributed by atoms with Crippen molar-refractivity contribution in [1.82, 2.24) is 25.3 Å². The number of hydrogen-bond acceptors (Lipinski definition) is 11. The zero-order chi connectivity index (χ0) is 39.6. The topological polar surface area (TPSA) is 146 Å². The molecule has 1 aromatic heterocycles. The number of alkyl halides is 2. The first-order valence-electron chi connectivity index (χ1n) is 19.2. The highest BCUT2D eigenvalue weighted by Crippen LogP contribution is 2.37. The van der Waals surface area contributed by atoms with Crippen LogP contribution in [0.4, 0.5) is 20.3 Å². The molecular formula is C42H41F2N7O6. The van der Waals surface area contributed by atoms with E-state index < -0.39 is 35.6 Å². The summed E-state index contributed by atoms with van der Waals surface area (Å²) in [6.45, 7) is 5.30. The van der Waals surface area contributed by atoms with Crippen LogP contribution in [0.2, 0.25) is 0 Å². The van der Waals surface area contributed by atoms with E-state index >= 15 is 0 Å². The van der Waals surface area contributed by atoms with Crippen LogP contribution in [0.5, 0.6) is 17.4 Å². The molecule has 5 aliphatic rings. The molecule has 0 spiro atoms. The lowest BCUT2D eigenvalue weighted by Crippen LogP contribution is -2.69. The molecule has 1 atom stereocenters. The molecule has 0 bridgehead atoms. The number of carbonyl (C=O) groups is 4. The third-order valence-electron chi connectivity index (χ3n) is 11.8. The number of fused-ring (bicyclic) bond motifs is 1. The molecule has 1 saturated carbocycles. The predicted molar refractivity (Wildman–Crippen MR) is 204 cm³/mol. The highest BCUT2D eigenvalue weighted by molar-refractivity contribution is 6.23. The molecule has 1 unspecified atom stereocenters. The largest absolute Gasteiger partial charge is 0.490 e. The van der Waals surface area contributed by atoms with Gasteiger partial charge in [-0.1, -0.05) is 38.1 Å². The first kappa shape index (κ1) is 36.7. The molecule has 294 valence electrons. The van der Waals surface area contributed by atoms with Gasteiger partial charge < -0.3 is 19.7 Å². The van der Waals surface area contributed by atoms with E-state index in [0.717, 1.165) is 34.6 Å². The molecule has 9 rings (SSSR count). The van der Waals surface area contributed by atoms with E-state index in [0.29, 0.717) is 36.2 Å². The third kappa shape index (κ3) is 7.04. The van der Waals surface area contributed by atoms with Crippen molar-refractivity contribution in [2.45, 2.75) is 75.1 Å². The Hall–Kier alpha value is -5.96. The van der Waals surface area contributed by atoms with E-state index in [-0.39, 0.29) is 60.7 Å². The summed E-state index contributed by atoms with van der Waals surface area (Å²) in [6.07, 6.45) is 1.72. The summed E-state index contributed by atoms with van der Waals surface area (Å²) in [7, 11) is 0. The van der Waals surface area contributed by atoms with Crippen molar-refractivity contribution in [3.05, 3.63) is 101 Å². The maximum absolute atomic E-state index is 13.2. The Balaban J connectivity index is 0.739. The summed E-state index contributed by atoms with van der Waals surface area (Å²) in [5.74, 6) is -2.18. The van der Waals surface area contributed by atoms with Gasteiger partial charge in [-0.3, -0.25) is 34.3 Å². The Morgan fingerprint density at radius 1 is 0.825 bits per heavy atom. The Morgan fingerprint density at radius 3 is 2.12 bits per heavy atom. The average molecular weight is 778 g/mol. The van der Waals surface area contributed by atoms with Crippen molar-refractivity contribution in [2.24, 2.45) is 0 Å². The van der Waals surface area contributed by atoms with Gasteiger partial charge in [-0.2, -0.15) is 0 Å². The second kappa shape index (κ2) is 13.9. The number of hydrogen-bond donors (Lipinski definition) is 2. The van der Waals surface area contributed by atoms with Gasteiger partial charge in [0.05, 0.1) is 24.2 Å². The zero-order valence-electron chi connectivity index (χ0n) is 31.4. The van der Waals surface area contributed by atoms with E-state index in [1.807, 2.05) is 52.3 Å². The minimum Gasteiger partial charge on any atom is -0.490 e. The monoisotopic (exact) mass is 777 g/mol. The molecule has 3 saturated heterocycles. The minimum absolute atomic E-state index is 0.0204. The Bertz CT molecular complexity index is 2230. The molecule has 57 heavy (non-hydrogen) atoms. The number of benzene rings is 3. The SMILES string of the molecule is CC(C)(c1ccc(Oc2ccc(N3CC(N4CC(F)(F)C4)C3)nn2)cc1)c1ccc(OC2CC(Nc3ccc4c(c3)C(=O)N(C3CCC(=O)NC3=O)C4=O)C2)cc1. The van der Waals surface area contributed by atoms with Gasteiger partial charge in [-0.25, -0.2) is 8.78 Å². The summed E-state index contributed by atoms with van der Waals surface area (Å²) in [5, 5.41) is 14.1. The van der Waals surface area contributed by atoms with E-state index in [1.165, 1.54) is 0 Å². The molecule has 3 aromatic carbocycles. The van der Waals surface area contributed by atoms with E-state index in [9.17, 15) is 28.0 Å². The summed E-state index contributed by atoms with van der Waals surface area (Å²) >= 11 is 0. The zero-order valence-corrected chi connectivity index (χ0v) is 31.4. The first-order valence-corrected chi connectivity index (χ1v) is 19.2. The number of ether oxygens (including phenoxy) is 2. The summed E-state index contributed by atoms with van der Waals surface area (Å²) in [5.41, 5.74) is 3.12. The molecule has 0 radical (unpaired) electrons. The van der Waals surface area contributed by atoms with Gasteiger partial charge in [0.1, 0.15) is 23.6 Å². The molecule has 4 aromatic rings. The molecule has 1 aliphatic carbocycles. The van der Waals surface area contributed by atoms with Crippen molar-refractivity contribution in [2.75, 3.05) is 36.4 Å². The number of amides is 4. The number of rotatable bonds is 11. The quantitative estimate of drug-likeness (QED) is 0.195. The van der Waals surface area contributed by atoms with E-state index in [1.54, 1.807) is 24.3 Å². The van der Waals surface area contributed by atoms with Gasteiger partial charge in [0, 0.05) is 61.6 Å². The summed E-state index contributed by atoms with van der Waals surface area (Å²) in [6, 6.07) is 23.9. The number of aromatic nitrogens is 2. The van der Waals surface area contributed by atoms with Crippen molar-refractivity contribution in [3.8, 4) is 17.4 Å². The van der Waals surface area contributed by atoms with E-state index in [4.69, 9.17) is 9.47 Å². The van der Waals surface area contributed by atoms with Gasteiger partial charge in [-0.05, 0) is 66.1 Å². The summed E-state index contributed by atoms with van der Waals surface area (Å²) in [4.78, 5) is 54.9. The lowest BCUT2D eigenvalue weighted by atomic mass is 9.78. The number of likely N-dealkylation sites (tertiary alicyclic amines) is 1. The average Bonchev–Trinajstić information content (AvgIpc) is 3.38.